The minimum absolute atomic E-state index is 0.489. The molecule has 1 aliphatic rings. The van der Waals surface area contributed by atoms with Gasteiger partial charge in [-0.2, -0.15) is 0 Å². The number of imide groups is 1. The third-order valence-electron chi connectivity index (χ3n) is 2.85. The predicted octanol–water partition coefficient (Wildman–Crippen LogP) is 0.977. The van der Waals surface area contributed by atoms with E-state index in [4.69, 9.17) is 10.5 Å². The number of carbonyl (C=O) groups excluding carboxylic acids is 3. The largest absolute Gasteiger partial charge is 0.448 e. The summed E-state index contributed by atoms with van der Waals surface area (Å²) < 4.78 is 4.99. The van der Waals surface area contributed by atoms with Gasteiger partial charge in [0, 0.05) is 4.88 Å². The maximum Gasteiger partial charge on any atom is 0.349 e. The van der Waals surface area contributed by atoms with Gasteiger partial charge in [-0.15, -0.1) is 11.3 Å². The first-order valence-corrected chi connectivity index (χ1v) is 6.72. The van der Waals surface area contributed by atoms with Gasteiger partial charge in [0.05, 0.1) is 0 Å². The maximum absolute atomic E-state index is 11.8. The van der Waals surface area contributed by atoms with E-state index in [1.54, 1.807) is 0 Å². The molecule has 2 rings (SSSR count). The van der Waals surface area contributed by atoms with Crippen molar-refractivity contribution in [2.45, 2.75) is 32.3 Å². The zero-order valence-electron chi connectivity index (χ0n) is 10.4. The molecule has 1 aromatic heterocycles. The molecule has 0 saturated carbocycles. The Labute approximate surface area is 113 Å². The molecule has 1 aliphatic carbocycles. The Morgan fingerprint density at radius 2 is 2.16 bits per heavy atom. The van der Waals surface area contributed by atoms with Gasteiger partial charge in [-0.3, -0.25) is 10.1 Å². The summed E-state index contributed by atoms with van der Waals surface area (Å²) in [6.45, 7) is 1.39. The molecule has 0 spiro atoms. The van der Waals surface area contributed by atoms with Crippen molar-refractivity contribution >= 4 is 29.2 Å². The molecule has 6 nitrogen and oxygen atoms in total. The zero-order chi connectivity index (χ0) is 14.0. The fourth-order valence-electron chi connectivity index (χ4n) is 1.92. The first-order chi connectivity index (χ1) is 8.97. The van der Waals surface area contributed by atoms with Crippen LogP contribution in [0.1, 0.15) is 33.5 Å². The van der Waals surface area contributed by atoms with Crippen LogP contribution in [-0.4, -0.2) is 24.0 Å². The second-order valence-electron chi connectivity index (χ2n) is 4.31. The molecule has 19 heavy (non-hydrogen) atoms. The summed E-state index contributed by atoms with van der Waals surface area (Å²) in [5.74, 6) is -1.28. The van der Waals surface area contributed by atoms with Crippen LogP contribution in [0.2, 0.25) is 0 Å². The lowest BCUT2D eigenvalue weighted by molar-refractivity contribution is -0.127. The SMILES string of the molecule is CC(OC(=O)c1cc2c(s1)CCC2)C(=O)NC(N)=O. The van der Waals surface area contributed by atoms with Gasteiger partial charge in [-0.1, -0.05) is 0 Å². The van der Waals surface area contributed by atoms with E-state index in [-0.39, 0.29) is 0 Å². The highest BCUT2D eigenvalue weighted by molar-refractivity contribution is 7.14. The number of fused-ring (bicyclic) bond motifs is 1. The summed E-state index contributed by atoms with van der Waals surface area (Å²) >= 11 is 1.40. The van der Waals surface area contributed by atoms with Gasteiger partial charge in [0.2, 0.25) is 0 Å². The number of rotatable bonds is 3. The average Bonchev–Trinajstić information content (AvgIpc) is 2.87. The van der Waals surface area contributed by atoms with Crippen molar-refractivity contribution in [3.63, 3.8) is 0 Å². The standard InChI is InChI=1S/C12H14N2O4S/c1-6(10(15)14-12(13)17)18-11(16)9-5-7-3-2-4-8(7)19-9/h5-6H,2-4H2,1H3,(H3,13,14,15,17). The Morgan fingerprint density at radius 3 is 2.79 bits per heavy atom. The first-order valence-electron chi connectivity index (χ1n) is 5.90. The number of aryl methyl sites for hydroxylation is 2. The molecule has 0 aliphatic heterocycles. The van der Waals surface area contributed by atoms with Crippen LogP contribution < -0.4 is 11.1 Å². The Bertz CT molecular complexity index is 516. The number of nitrogens with one attached hydrogen (secondary N) is 1. The van der Waals surface area contributed by atoms with Crippen molar-refractivity contribution in [1.29, 1.82) is 0 Å². The Balaban J connectivity index is 1.96. The molecule has 0 bridgehead atoms. The lowest BCUT2D eigenvalue weighted by atomic mass is 10.2. The van der Waals surface area contributed by atoms with Gasteiger partial charge in [0.15, 0.2) is 6.10 Å². The smallest absolute Gasteiger partial charge is 0.349 e. The monoisotopic (exact) mass is 282 g/mol. The van der Waals surface area contributed by atoms with Crippen LogP contribution in [0.15, 0.2) is 6.07 Å². The van der Waals surface area contributed by atoms with E-state index in [0.717, 1.165) is 19.3 Å². The van der Waals surface area contributed by atoms with Crippen molar-refractivity contribution in [3.8, 4) is 0 Å². The Morgan fingerprint density at radius 1 is 1.42 bits per heavy atom. The summed E-state index contributed by atoms with van der Waals surface area (Å²) in [5.41, 5.74) is 6.00. The molecule has 1 unspecified atom stereocenters. The fourth-order valence-corrected chi connectivity index (χ4v) is 3.06. The number of esters is 1. The third kappa shape index (κ3) is 3.11. The molecule has 1 heterocycles. The van der Waals surface area contributed by atoms with Gasteiger partial charge in [-0.05, 0) is 37.8 Å². The van der Waals surface area contributed by atoms with Crippen LogP contribution in [-0.2, 0) is 22.4 Å². The first kappa shape index (κ1) is 13.5. The molecule has 3 N–H and O–H groups in total. The molecule has 7 heteroatoms. The van der Waals surface area contributed by atoms with Crippen molar-refractivity contribution in [3.05, 3.63) is 21.4 Å². The molecule has 0 radical (unpaired) electrons. The minimum atomic E-state index is -1.06. The van der Waals surface area contributed by atoms with E-state index in [1.807, 2.05) is 11.4 Å². The van der Waals surface area contributed by atoms with E-state index >= 15 is 0 Å². The third-order valence-corrected chi connectivity index (χ3v) is 4.06. The molecule has 3 amide bonds. The lowest BCUT2D eigenvalue weighted by Gasteiger charge is -2.10. The topological polar surface area (TPSA) is 98.5 Å². The quantitative estimate of drug-likeness (QED) is 0.807. The molecule has 0 aromatic carbocycles. The van der Waals surface area contributed by atoms with E-state index < -0.39 is 24.0 Å². The summed E-state index contributed by atoms with van der Waals surface area (Å²) in [4.78, 5) is 35.4. The molecule has 0 saturated heterocycles. The molecule has 1 aromatic rings. The van der Waals surface area contributed by atoms with Crippen LogP contribution in [0.3, 0.4) is 0 Å². The molecular formula is C12H14N2O4S. The minimum Gasteiger partial charge on any atom is -0.448 e. The van der Waals surface area contributed by atoms with Crippen molar-refractivity contribution in [2.24, 2.45) is 5.73 Å². The number of thiophene rings is 1. The number of primary amides is 1. The number of urea groups is 1. The zero-order valence-corrected chi connectivity index (χ0v) is 11.2. The Kier molecular flexibility index (Phi) is 3.84. The average molecular weight is 282 g/mol. The van der Waals surface area contributed by atoms with Crippen LogP contribution in [0, 0.1) is 0 Å². The van der Waals surface area contributed by atoms with Gasteiger partial charge in [0.1, 0.15) is 4.88 Å². The van der Waals surface area contributed by atoms with Gasteiger partial charge in [-0.25, -0.2) is 9.59 Å². The van der Waals surface area contributed by atoms with Crippen molar-refractivity contribution < 1.29 is 19.1 Å². The number of ether oxygens (including phenoxy) is 1. The van der Waals surface area contributed by atoms with Crippen LogP contribution in [0.25, 0.3) is 0 Å². The summed E-state index contributed by atoms with van der Waals surface area (Å²) in [6.07, 6.45) is 2.03. The molecular weight excluding hydrogens is 268 g/mol. The second-order valence-corrected chi connectivity index (χ2v) is 5.45. The second kappa shape index (κ2) is 5.40. The number of nitrogens with two attached hydrogens (primary N) is 1. The highest BCUT2D eigenvalue weighted by Crippen LogP contribution is 2.31. The van der Waals surface area contributed by atoms with Crippen LogP contribution in [0.4, 0.5) is 4.79 Å². The van der Waals surface area contributed by atoms with E-state index in [9.17, 15) is 14.4 Å². The highest BCUT2D eigenvalue weighted by atomic mass is 32.1. The van der Waals surface area contributed by atoms with Gasteiger partial charge in [0.25, 0.3) is 5.91 Å². The molecule has 1 atom stereocenters. The predicted molar refractivity (Wildman–Crippen MR) is 68.9 cm³/mol. The molecule has 102 valence electrons. The summed E-state index contributed by atoms with van der Waals surface area (Å²) in [6, 6.07) is 0.844. The number of hydrogen-bond donors (Lipinski definition) is 2. The number of amides is 3. The molecule has 0 fully saturated rings. The summed E-state index contributed by atoms with van der Waals surface area (Å²) in [5, 5.41) is 1.86. The van der Waals surface area contributed by atoms with E-state index in [0.29, 0.717) is 4.88 Å². The van der Waals surface area contributed by atoms with Crippen LogP contribution >= 0.6 is 11.3 Å². The van der Waals surface area contributed by atoms with Crippen molar-refractivity contribution in [2.75, 3.05) is 0 Å². The van der Waals surface area contributed by atoms with E-state index in [2.05, 4.69) is 0 Å². The fraction of sp³-hybridized carbons (Fsp3) is 0.417. The highest BCUT2D eigenvalue weighted by Gasteiger charge is 2.23. The number of hydrogen-bond acceptors (Lipinski definition) is 5. The number of carbonyl (C=O) groups is 3. The summed E-state index contributed by atoms with van der Waals surface area (Å²) in [7, 11) is 0. The lowest BCUT2D eigenvalue weighted by Crippen LogP contribution is -2.42. The normalized spacial score (nSPS) is 14.6. The van der Waals surface area contributed by atoms with Crippen molar-refractivity contribution in [1.82, 2.24) is 5.32 Å². The van der Waals surface area contributed by atoms with E-state index in [1.165, 1.54) is 28.7 Å². The van der Waals surface area contributed by atoms with Crippen LogP contribution in [0.5, 0.6) is 0 Å². The van der Waals surface area contributed by atoms with Gasteiger partial charge >= 0.3 is 12.0 Å². The van der Waals surface area contributed by atoms with Gasteiger partial charge < -0.3 is 10.5 Å². The Hall–Kier alpha value is -1.89. The maximum atomic E-state index is 11.8.